The number of hydrogen-bond acceptors (Lipinski definition) is 6. The largest absolute Gasteiger partial charge is 0.435 e. The number of aromatic nitrogens is 3. The molecule has 1 fully saturated rings. The normalized spacial score (nSPS) is 15.5. The Balaban J connectivity index is 1.27. The van der Waals surface area contributed by atoms with Crippen LogP contribution in [0.2, 0.25) is 0 Å². The molecule has 0 saturated carbocycles. The quantitative estimate of drug-likeness (QED) is 0.249. The van der Waals surface area contributed by atoms with Gasteiger partial charge < -0.3 is 20.7 Å². The van der Waals surface area contributed by atoms with Crippen LogP contribution in [0.3, 0.4) is 0 Å². The van der Waals surface area contributed by atoms with Gasteiger partial charge >= 0.3 is 6.61 Å². The molecule has 1 atom stereocenters. The lowest BCUT2D eigenvalue weighted by Gasteiger charge is -2.17. The maximum Gasteiger partial charge on any atom is 0.387 e. The Hall–Kier alpha value is -4.05. The van der Waals surface area contributed by atoms with Crippen LogP contribution in [0.5, 0.6) is 5.75 Å². The van der Waals surface area contributed by atoms with Crippen molar-refractivity contribution in [3.05, 3.63) is 67.1 Å². The van der Waals surface area contributed by atoms with Crippen LogP contribution in [0.25, 0.3) is 16.9 Å². The van der Waals surface area contributed by atoms with E-state index in [1.165, 1.54) is 12.1 Å². The van der Waals surface area contributed by atoms with E-state index in [0.29, 0.717) is 23.8 Å². The molecule has 2 aromatic carbocycles. The molecule has 1 amide bonds. The number of halogens is 2. The number of anilines is 3. The van der Waals surface area contributed by atoms with Gasteiger partial charge in [0.2, 0.25) is 5.91 Å². The van der Waals surface area contributed by atoms with E-state index in [4.69, 9.17) is 5.73 Å². The number of rotatable bonds is 11. The highest BCUT2D eigenvalue weighted by Crippen LogP contribution is 2.31. The number of nitrogens with zero attached hydrogens (tertiary/aromatic N) is 4. The van der Waals surface area contributed by atoms with Gasteiger partial charge in [0.25, 0.3) is 0 Å². The number of nitrogens with two attached hydrogens (primary N) is 1. The molecule has 1 aliphatic heterocycles. The lowest BCUT2D eigenvalue weighted by atomic mass is 10.0. The minimum atomic E-state index is -2.87. The number of hydrogen-bond donors (Lipinski definition) is 2. The Labute approximate surface area is 219 Å². The number of amides is 1. The van der Waals surface area contributed by atoms with Crippen LogP contribution < -0.4 is 20.7 Å². The zero-order chi connectivity index (χ0) is 26.5. The zero-order valence-corrected chi connectivity index (χ0v) is 20.9. The first kappa shape index (κ1) is 25.6. The molecule has 3 N–H and O–H groups in total. The first-order valence-electron chi connectivity index (χ1n) is 12.8. The topological polar surface area (TPSA) is 97.8 Å². The molecular formula is C28H30F2N6O2. The average molecular weight is 521 g/mol. The summed E-state index contributed by atoms with van der Waals surface area (Å²) in [5, 5.41) is 3.31. The van der Waals surface area contributed by atoms with Gasteiger partial charge in [-0.3, -0.25) is 9.20 Å². The van der Waals surface area contributed by atoms with Crippen LogP contribution in [0.1, 0.15) is 32.1 Å². The molecule has 1 unspecified atom stereocenters. The molecule has 198 valence electrons. The second kappa shape index (κ2) is 11.6. The Morgan fingerprint density at radius 2 is 1.84 bits per heavy atom. The Kier molecular flexibility index (Phi) is 7.78. The van der Waals surface area contributed by atoms with Gasteiger partial charge in [-0.1, -0.05) is 12.8 Å². The summed E-state index contributed by atoms with van der Waals surface area (Å²) in [5.74, 6) is 1.22. The van der Waals surface area contributed by atoms with Gasteiger partial charge in [0, 0.05) is 42.3 Å². The van der Waals surface area contributed by atoms with Crippen molar-refractivity contribution >= 4 is 28.7 Å². The fourth-order valence-electron chi connectivity index (χ4n) is 4.87. The Bertz CT molecular complexity index is 1370. The summed E-state index contributed by atoms with van der Waals surface area (Å²) in [6.07, 6.45) is 10.1. The minimum absolute atomic E-state index is 0.0960. The molecule has 0 radical (unpaired) electrons. The molecule has 2 aromatic heterocycles. The number of carbonyl (C=O) groups is 1. The van der Waals surface area contributed by atoms with Crippen LogP contribution in [-0.2, 0) is 4.79 Å². The molecule has 1 aliphatic rings. The van der Waals surface area contributed by atoms with Crippen LogP contribution in [-0.4, -0.2) is 40.0 Å². The van der Waals surface area contributed by atoms with Gasteiger partial charge in [-0.15, -0.1) is 0 Å². The molecule has 38 heavy (non-hydrogen) atoms. The fourth-order valence-corrected chi connectivity index (χ4v) is 4.87. The first-order chi connectivity index (χ1) is 18.5. The second-order valence-corrected chi connectivity index (χ2v) is 9.40. The molecule has 5 rings (SSSR count). The SMILES string of the molecule is NCCCCCC1CC(=O)N(c2ccc(Nc3nccn4c(-c5ccc(OC(F)F)cc5)cnc34)cc2)C1. The summed E-state index contributed by atoms with van der Waals surface area (Å²) in [6, 6.07) is 14.1. The summed E-state index contributed by atoms with van der Waals surface area (Å²) in [6.45, 7) is -1.40. The van der Waals surface area contributed by atoms with Gasteiger partial charge in [-0.2, -0.15) is 8.78 Å². The van der Waals surface area contributed by atoms with E-state index in [1.807, 2.05) is 33.6 Å². The number of unbranched alkanes of at least 4 members (excludes halogenated alkanes) is 2. The fraction of sp³-hybridized carbons (Fsp3) is 0.321. The van der Waals surface area contributed by atoms with Gasteiger partial charge in [-0.25, -0.2) is 9.97 Å². The predicted molar refractivity (Wildman–Crippen MR) is 143 cm³/mol. The van der Waals surface area contributed by atoms with Gasteiger partial charge in [0.15, 0.2) is 11.5 Å². The third kappa shape index (κ3) is 5.75. The highest BCUT2D eigenvalue weighted by molar-refractivity contribution is 5.96. The van der Waals surface area contributed by atoms with E-state index in [-0.39, 0.29) is 11.7 Å². The standard InChI is InChI=1S/C28H30F2N6O2/c29-28(30)38-23-11-5-20(6-12-23)24-17-33-27-26(32-14-15-35(24)27)34-21-7-9-22(10-8-21)36-18-19(16-25(36)37)4-2-1-3-13-31/h5-12,14-15,17,19,28H,1-4,13,16,18,31H2,(H,32,34). The van der Waals surface area contributed by atoms with Crippen molar-refractivity contribution in [2.45, 2.75) is 38.7 Å². The number of imidazole rings is 1. The molecule has 0 bridgehead atoms. The number of benzene rings is 2. The average Bonchev–Trinajstić information content (AvgIpc) is 3.51. The maximum absolute atomic E-state index is 12.6. The molecule has 1 saturated heterocycles. The third-order valence-electron chi connectivity index (χ3n) is 6.77. The van der Waals surface area contributed by atoms with Crippen LogP contribution >= 0.6 is 0 Å². The van der Waals surface area contributed by atoms with E-state index in [9.17, 15) is 13.6 Å². The lowest BCUT2D eigenvalue weighted by molar-refractivity contribution is -0.117. The molecule has 10 heteroatoms. The molecule has 4 aromatic rings. The number of carbonyl (C=O) groups excluding carboxylic acids is 1. The number of fused-ring (bicyclic) bond motifs is 1. The van der Waals surface area contributed by atoms with Gasteiger partial charge in [0.05, 0.1) is 11.9 Å². The highest BCUT2D eigenvalue weighted by Gasteiger charge is 2.30. The van der Waals surface area contributed by atoms with Crippen molar-refractivity contribution < 1.29 is 18.3 Å². The van der Waals surface area contributed by atoms with E-state index in [2.05, 4.69) is 20.0 Å². The minimum Gasteiger partial charge on any atom is -0.435 e. The predicted octanol–water partition coefficient (Wildman–Crippen LogP) is 5.61. The number of alkyl halides is 2. The summed E-state index contributed by atoms with van der Waals surface area (Å²) in [4.78, 5) is 23.5. The van der Waals surface area contributed by atoms with Crippen molar-refractivity contribution in [1.82, 2.24) is 14.4 Å². The lowest BCUT2D eigenvalue weighted by Crippen LogP contribution is -2.24. The Morgan fingerprint density at radius 1 is 1.05 bits per heavy atom. The van der Waals surface area contributed by atoms with Crippen molar-refractivity contribution in [2.24, 2.45) is 11.7 Å². The van der Waals surface area contributed by atoms with Crippen LogP contribution in [0.4, 0.5) is 26.0 Å². The summed E-state index contributed by atoms with van der Waals surface area (Å²) in [7, 11) is 0. The summed E-state index contributed by atoms with van der Waals surface area (Å²) >= 11 is 0. The van der Waals surface area contributed by atoms with Gasteiger partial charge in [0.1, 0.15) is 5.75 Å². The number of ether oxygens (including phenoxy) is 1. The van der Waals surface area contributed by atoms with E-state index in [1.54, 1.807) is 30.7 Å². The molecule has 8 nitrogen and oxygen atoms in total. The molecule has 0 aliphatic carbocycles. The zero-order valence-electron chi connectivity index (χ0n) is 20.9. The van der Waals surface area contributed by atoms with Crippen molar-refractivity contribution in [3.8, 4) is 17.0 Å². The third-order valence-corrected chi connectivity index (χ3v) is 6.77. The summed E-state index contributed by atoms with van der Waals surface area (Å²) < 4.78 is 31.2. The van der Waals surface area contributed by atoms with Crippen molar-refractivity contribution in [2.75, 3.05) is 23.3 Å². The van der Waals surface area contributed by atoms with Gasteiger partial charge in [-0.05, 0) is 73.8 Å². The van der Waals surface area contributed by atoms with Crippen LogP contribution in [0, 0.1) is 5.92 Å². The second-order valence-electron chi connectivity index (χ2n) is 9.40. The van der Waals surface area contributed by atoms with Crippen molar-refractivity contribution in [1.29, 1.82) is 0 Å². The summed E-state index contributed by atoms with van der Waals surface area (Å²) in [5.41, 5.74) is 9.48. The van der Waals surface area contributed by atoms with E-state index < -0.39 is 6.61 Å². The Morgan fingerprint density at radius 3 is 2.58 bits per heavy atom. The maximum atomic E-state index is 12.6. The van der Waals surface area contributed by atoms with E-state index >= 15 is 0 Å². The first-order valence-corrected chi connectivity index (χ1v) is 12.8. The smallest absolute Gasteiger partial charge is 0.387 e. The highest BCUT2D eigenvalue weighted by atomic mass is 19.3. The van der Waals surface area contributed by atoms with Crippen molar-refractivity contribution in [3.63, 3.8) is 0 Å². The monoisotopic (exact) mass is 520 g/mol. The molecule has 0 spiro atoms. The molecular weight excluding hydrogens is 490 g/mol. The van der Waals surface area contributed by atoms with Crippen LogP contribution in [0.15, 0.2) is 67.1 Å². The van der Waals surface area contributed by atoms with E-state index in [0.717, 1.165) is 61.4 Å². The molecule has 3 heterocycles. The number of nitrogens with one attached hydrogen (secondary N) is 1.